The lowest BCUT2D eigenvalue weighted by Gasteiger charge is -2.26. The van der Waals surface area contributed by atoms with Gasteiger partial charge in [-0.05, 0) is 24.6 Å². The van der Waals surface area contributed by atoms with Gasteiger partial charge in [0.25, 0.3) is 5.56 Å². The van der Waals surface area contributed by atoms with Crippen molar-refractivity contribution in [2.75, 3.05) is 13.2 Å². The molecule has 4 rings (SSSR count). The molecule has 150 valence electrons. The van der Waals surface area contributed by atoms with Crippen molar-refractivity contribution in [2.24, 2.45) is 0 Å². The summed E-state index contributed by atoms with van der Waals surface area (Å²) in [7, 11) is 0. The highest BCUT2D eigenvalue weighted by Crippen LogP contribution is 2.30. The number of pyridine rings is 1. The van der Waals surface area contributed by atoms with Crippen molar-refractivity contribution < 1.29 is 19.0 Å². The number of aromatic amines is 1. The Morgan fingerprint density at radius 1 is 1.31 bits per heavy atom. The highest BCUT2D eigenvalue weighted by molar-refractivity contribution is 5.92. The molecule has 0 fully saturated rings. The summed E-state index contributed by atoms with van der Waals surface area (Å²) in [5.41, 5.74) is -0.776. The van der Waals surface area contributed by atoms with Crippen LogP contribution in [0.4, 0.5) is 0 Å². The van der Waals surface area contributed by atoms with Gasteiger partial charge >= 0.3 is 11.7 Å². The third-order valence-corrected chi connectivity index (χ3v) is 4.48. The van der Waals surface area contributed by atoms with Crippen molar-refractivity contribution >= 4 is 17.0 Å². The summed E-state index contributed by atoms with van der Waals surface area (Å²) in [4.78, 5) is 43.0. The van der Waals surface area contributed by atoms with E-state index >= 15 is 0 Å². The molecule has 9 heteroatoms. The van der Waals surface area contributed by atoms with Gasteiger partial charge in [-0.3, -0.25) is 14.3 Å². The van der Waals surface area contributed by atoms with Crippen molar-refractivity contribution in [1.29, 1.82) is 0 Å². The van der Waals surface area contributed by atoms with E-state index in [1.807, 2.05) is 19.1 Å². The van der Waals surface area contributed by atoms with Crippen LogP contribution in [-0.4, -0.2) is 39.8 Å². The largest absolute Gasteiger partial charge is 0.486 e. The molecular formula is C20H19N3O6. The van der Waals surface area contributed by atoms with Gasteiger partial charge in [0.1, 0.15) is 18.9 Å². The lowest BCUT2D eigenvalue weighted by molar-refractivity contribution is 0.0109. The predicted molar refractivity (Wildman–Crippen MR) is 104 cm³/mol. The lowest BCUT2D eigenvalue weighted by atomic mass is 10.2. The molecule has 0 unspecified atom stereocenters. The molecule has 9 nitrogen and oxygen atoms in total. The van der Waals surface area contributed by atoms with Crippen molar-refractivity contribution in [2.45, 2.75) is 26.0 Å². The minimum Gasteiger partial charge on any atom is -0.486 e. The first kappa shape index (κ1) is 18.7. The molecule has 0 spiro atoms. The normalized spacial score (nSPS) is 15.3. The number of fused-ring (bicyclic) bond motifs is 2. The van der Waals surface area contributed by atoms with Crippen LogP contribution in [-0.2, 0) is 11.3 Å². The summed E-state index contributed by atoms with van der Waals surface area (Å²) in [6.07, 6.45) is 1.54. The summed E-state index contributed by atoms with van der Waals surface area (Å²) < 4.78 is 18.0. The van der Waals surface area contributed by atoms with Gasteiger partial charge in [0, 0.05) is 12.7 Å². The lowest BCUT2D eigenvalue weighted by Crippen LogP contribution is -2.34. The van der Waals surface area contributed by atoms with Crippen LogP contribution in [0.25, 0.3) is 11.0 Å². The molecule has 3 aromatic rings. The SMILES string of the molecule is CCCn1c(=O)[nH]c(=O)c2cc(C(=O)OC[C@@H]3COc4ccccc4O3)cnc21. The molecule has 1 N–H and O–H groups in total. The predicted octanol–water partition coefficient (Wildman–Crippen LogP) is 1.49. The number of aryl methyl sites for hydroxylation is 1. The molecule has 0 saturated heterocycles. The number of aromatic nitrogens is 3. The van der Waals surface area contributed by atoms with E-state index in [2.05, 4.69) is 9.97 Å². The third kappa shape index (κ3) is 3.71. The zero-order valence-corrected chi connectivity index (χ0v) is 15.7. The Morgan fingerprint density at radius 2 is 2.10 bits per heavy atom. The fourth-order valence-electron chi connectivity index (χ4n) is 3.11. The van der Waals surface area contributed by atoms with Gasteiger partial charge in [-0.15, -0.1) is 0 Å². The van der Waals surface area contributed by atoms with E-state index in [4.69, 9.17) is 14.2 Å². The molecular weight excluding hydrogens is 378 g/mol. The first-order chi connectivity index (χ1) is 14.1. The number of hydrogen-bond donors (Lipinski definition) is 1. The van der Waals surface area contributed by atoms with Crippen LogP contribution < -0.4 is 20.7 Å². The minimum absolute atomic E-state index is 0.0170. The zero-order valence-electron chi connectivity index (χ0n) is 15.7. The maximum absolute atomic E-state index is 12.4. The fourth-order valence-corrected chi connectivity index (χ4v) is 3.11. The number of nitrogens with one attached hydrogen (secondary N) is 1. The van der Waals surface area contributed by atoms with Crippen molar-refractivity contribution in [3.8, 4) is 11.5 Å². The highest BCUT2D eigenvalue weighted by atomic mass is 16.6. The molecule has 2 aromatic heterocycles. The van der Waals surface area contributed by atoms with Crippen LogP contribution in [0.15, 0.2) is 46.1 Å². The quantitative estimate of drug-likeness (QED) is 0.649. The summed E-state index contributed by atoms with van der Waals surface area (Å²) in [5, 5.41) is 0.152. The maximum Gasteiger partial charge on any atom is 0.339 e. The summed E-state index contributed by atoms with van der Waals surface area (Å²) in [5.74, 6) is 0.591. The number of nitrogens with zero attached hydrogens (tertiary/aromatic N) is 2. The van der Waals surface area contributed by atoms with Gasteiger partial charge in [-0.2, -0.15) is 0 Å². The number of ether oxygens (including phenoxy) is 3. The van der Waals surface area contributed by atoms with Gasteiger partial charge in [0.05, 0.1) is 10.9 Å². The first-order valence-electron chi connectivity index (χ1n) is 9.25. The average molecular weight is 397 g/mol. The van der Waals surface area contributed by atoms with Gasteiger partial charge in [-0.25, -0.2) is 14.6 Å². The van der Waals surface area contributed by atoms with Gasteiger partial charge in [-0.1, -0.05) is 19.1 Å². The average Bonchev–Trinajstić information content (AvgIpc) is 2.74. The number of esters is 1. The molecule has 0 bridgehead atoms. The Kier molecular flexibility index (Phi) is 5.03. The minimum atomic E-state index is -0.644. The fraction of sp³-hybridized carbons (Fsp3) is 0.300. The van der Waals surface area contributed by atoms with E-state index in [0.717, 1.165) is 0 Å². The number of para-hydroxylation sites is 2. The van der Waals surface area contributed by atoms with E-state index in [1.165, 1.54) is 16.8 Å². The molecule has 0 amide bonds. The first-order valence-corrected chi connectivity index (χ1v) is 9.25. The Bertz CT molecular complexity index is 1180. The van der Waals surface area contributed by atoms with E-state index in [0.29, 0.717) is 24.5 Å². The van der Waals surface area contributed by atoms with Crippen LogP contribution in [0.3, 0.4) is 0 Å². The van der Waals surface area contributed by atoms with Gasteiger partial charge < -0.3 is 14.2 Å². The maximum atomic E-state index is 12.4. The second-order valence-electron chi connectivity index (χ2n) is 6.60. The number of carbonyl (C=O) groups excluding carboxylic acids is 1. The van der Waals surface area contributed by atoms with Crippen LogP contribution in [0.2, 0.25) is 0 Å². The molecule has 0 saturated carbocycles. The molecule has 0 aliphatic carbocycles. The van der Waals surface area contributed by atoms with Gasteiger partial charge in [0.15, 0.2) is 17.6 Å². The van der Waals surface area contributed by atoms with Gasteiger partial charge in [0.2, 0.25) is 0 Å². The molecule has 3 heterocycles. The van der Waals surface area contributed by atoms with E-state index < -0.39 is 23.3 Å². The molecule has 29 heavy (non-hydrogen) atoms. The number of H-pyrrole nitrogens is 1. The second-order valence-corrected chi connectivity index (χ2v) is 6.60. The van der Waals surface area contributed by atoms with Crippen molar-refractivity contribution in [3.05, 3.63) is 62.9 Å². The zero-order chi connectivity index (χ0) is 20.4. The summed E-state index contributed by atoms with van der Waals surface area (Å²) in [6, 6.07) is 8.62. The van der Waals surface area contributed by atoms with Crippen molar-refractivity contribution in [1.82, 2.24) is 14.5 Å². The Morgan fingerprint density at radius 3 is 2.90 bits per heavy atom. The summed E-state index contributed by atoms with van der Waals surface area (Å²) >= 11 is 0. The Hall–Kier alpha value is -3.62. The molecule has 1 aliphatic rings. The number of carbonyl (C=O) groups is 1. The number of rotatable bonds is 5. The topological polar surface area (TPSA) is 113 Å². The van der Waals surface area contributed by atoms with E-state index in [9.17, 15) is 14.4 Å². The molecule has 0 radical (unpaired) electrons. The smallest absolute Gasteiger partial charge is 0.339 e. The third-order valence-electron chi connectivity index (χ3n) is 4.48. The van der Waals surface area contributed by atoms with Crippen molar-refractivity contribution in [3.63, 3.8) is 0 Å². The molecule has 1 aliphatic heterocycles. The van der Waals surface area contributed by atoms with E-state index in [-0.39, 0.29) is 29.8 Å². The molecule has 1 atom stereocenters. The number of benzene rings is 1. The summed E-state index contributed by atoms with van der Waals surface area (Å²) in [6.45, 7) is 2.55. The molecule has 1 aromatic carbocycles. The van der Waals surface area contributed by atoms with E-state index in [1.54, 1.807) is 12.1 Å². The highest BCUT2D eigenvalue weighted by Gasteiger charge is 2.23. The Balaban J connectivity index is 1.51. The standard InChI is InChI=1S/C20H19N3O6/c1-2-7-23-17-14(18(24)22-20(23)26)8-12(9-21-17)19(25)28-11-13-10-27-15-5-3-4-6-16(15)29-13/h3-6,8-9,13H,2,7,10-11H2,1H3,(H,22,24,26)/t13-/m0/s1. The Labute approximate surface area is 164 Å². The van der Waals surface area contributed by atoms with Crippen LogP contribution in [0.5, 0.6) is 11.5 Å². The second kappa shape index (κ2) is 7.78. The van der Waals surface area contributed by atoms with Crippen LogP contribution >= 0.6 is 0 Å². The van der Waals surface area contributed by atoms with Crippen LogP contribution in [0, 0.1) is 0 Å². The number of hydrogen-bond acceptors (Lipinski definition) is 7. The van der Waals surface area contributed by atoms with Crippen LogP contribution in [0.1, 0.15) is 23.7 Å². The monoisotopic (exact) mass is 397 g/mol.